The Kier molecular flexibility index (Phi) is 5.14. The van der Waals surface area contributed by atoms with E-state index in [1.165, 1.54) is 0 Å². The Hall–Kier alpha value is -3.52. The predicted molar refractivity (Wildman–Crippen MR) is 113 cm³/mol. The highest BCUT2D eigenvalue weighted by Gasteiger charge is 2.82. The van der Waals surface area contributed by atoms with Crippen molar-refractivity contribution in [3.8, 4) is 11.8 Å². The Morgan fingerprint density at radius 2 is 1.86 bits per heavy atom. The van der Waals surface area contributed by atoms with Gasteiger partial charge in [-0.2, -0.15) is 5.26 Å². The molecule has 3 aliphatic rings. The molecule has 1 unspecified atom stereocenters. The summed E-state index contributed by atoms with van der Waals surface area (Å²) in [5, 5.41) is 30.6. The van der Waals surface area contributed by atoms with E-state index in [0.29, 0.717) is 11.8 Å². The van der Waals surface area contributed by atoms with Gasteiger partial charge in [0.1, 0.15) is 29.8 Å². The van der Waals surface area contributed by atoms with E-state index < -0.39 is 52.2 Å². The molecule has 3 aliphatic carbocycles. The molecule has 3 saturated carbocycles. The van der Waals surface area contributed by atoms with Crippen molar-refractivity contribution in [2.45, 2.75) is 55.8 Å². The number of tetrazole rings is 1. The zero-order valence-electron chi connectivity index (χ0n) is 18.6. The van der Waals surface area contributed by atoms with E-state index in [1.807, 2.05) is 6.07 Å². The molecular weight excluding hydrogens is 466 g/mol. The van der Waals surface area contributed by atoms with Gasteiger partial charge in [-0.15, -0.1) is 5.10 Å². The van der Waals surface area contributed by atoms with Crippen LogP contribution in [0, 0.1) is 28.4 Å². The van der Waals surface area contributed by atoms with E-state index >= 15 is 8.78 Å². The van der Waals surface area contributed by atoms with Gasteiger partial charge in [0.15, 0.2) is 11.7 Å². The molecule has 2 aromatic carbocycles. The number of rotatable bonds is 8. The van der Waals surface area contributed by atoms with E-state index in [9.17, 15) is 13.9 Å². The maximum atomic E-state index is 16.2. The highest BCUT2D eigenvalue weighted by Crippen LogP contribution is 2.80. The van der Waals surface area contributed by atoms with Gasteiger partial charge in [-0.05, 0) is 71.9 Å². The van der Waals surface area contributed by atoms with Gasteiger partial charge >= 0.3 is 0 Å². The molecule has 11 heteroatoms. The van der Waals surface area contributed by atoms with Crippen LogP contribution in [0.5, 0.6) is 5.75 Å². The van der Waals surface area contributed by atoms with Crippen molar-refractivity contribution < 1.29 is 27.4 Å². The van der Waals surface area contributed by atoms with Crippen molar-refractivity contribution in [2.24, 2.45) is 5.41 Å². The smallest absolute Gasteiger partial charge is 0.287 e. The fourth-order valence-electron chi connectivity index (χ4n) is 5.65. The molecule has 2 atom stereocenters. The van der Waals surface area contributed by atoms with E-state index in [1.54, 1.807) is 31.2 Å². The summed E-state index contributed by atoms with van der Waals surface area (Å²) in [6.07, 6.45) is 0.679. The first-order valence-corrected chi connectivity index (χ1v) is 11.0. The molecule has 1 heterocycles. The number of benzene rings is 2. The topological polar surface area (TPSA) is 96.8 Å². The number of aliphatic hydroxyl groups is 1. The lowest BCUT2D eigenvalue weighted by molar-refractivity contribution is -0.347. The summed E-state index contributed by atoms with van der Waals surface area (Å²) in [6, 6.07) is 11.1. The van der Waals surface area contributed by atoms with Gasteiger partial charge in [-0.3, -0.25) is 0 Å². The minimum Gasteiger partial charge on any atom is -0.476 e. The maximum absolute atomic E-state index is 16.2. The number of ether oxygens (including phenoxy) is 1. The first-order valence-electron chi connectivity index (χ1n) is 11.0. The third-order valence-corrected chi connectivity index (χ3v) is 7.34. The lowest BCUT2D eigenvalue weighted by Gasteiger charge is -2.74. The molecule has 35 heavy (non-hydrogen) atoms. The lowest BCUT2D eigenvalue weighted by Crippen LogP contribution is -2.76. The molecule has 0 amide bonds. The highest BCUT2D eigenvalue weighted by atomic mass is 19.3. The van der Waals surface area contributed by atoms with Crippen LogP contribution in [0.3, 0.4) is 0 Å². The standard InChI is InChI=1S/C24H21F4N5O2/c1-15(9-29)35-18-5-2-16(3-6-18)21-10-22(11-21,12-21)24(27,28)23(34,13-33-14-30-31-32-33)19-7-4-17(25)8-20(19)26/h2-8,14-15,34H,10-13H2,1H3/t15?,21?,22?,23-/m0/s1. The molecule has 3 fully saturated rings. The van der Waals surface area contributed by atoms with Crippen LogP contribution in [0.4, 0.5) is 17.6 Å². The largest absolute Gasteiger partial charge is 0.476 e. The molecule has 0 saturated heterocycles. The zero-order chi connectivity index (χ0) is 25.1. The number of aromatic nitrogens is 4. The summed E-state index contributed by atoms with van der Waals surface area (Å²) in [6.45, 7) is 0.800. The molecule has 1 N–H and O–H groups in total. The van der Waals surface area contributed by atoms with Gasteiger partial charge in [0, 0.05) is 17.0 Å². The lowest BCUT2D eigenvalue weighted by atomic mass is 9.30. The Bertz CT molecular complexity index is 1270. The van der Waals surface area contributed by atoms with E-state index in [2.05, 4.69) is 15.5 Å². The van der Waals surface area contributed by atoms with Gasteiger partial charge in [-0.25, -0.2) is 22.2 Å². The van der Waals surface area contributed by atoms with Crippen LogP contribution in [-0.2, 0) is 17.6 Å². The van der Waals surface area contributed by atoms with Crippen LogP contribution in [0.25, 0.3) is 0 Å². The molecular formula is C24H21F4N5O2. The molecule has 0 spiro atoms. The highest BCUT2D eigenvalue weighted by molar-refractivity contribution is 5.44. The molecule has 1 aromatic heterocycles. The fourth-order valence-corrected chi connectivity index (χ4v) is 5.65. The number of halogens is 4. The minimum atomic E-state index is -3.78. The number of hydrogen-bond donors (Lipinski definition) is 1. The van der Waals surface area contributed by atoms with Gasteiger partial charge in [0.05, 0.1) is 6.54 Å². The van der Waals surface area contributed by atoms with Crippen LogP contribution in [0.1, 0.15) is 37.3 Å². The Morgan fingerprint density at radius 1 is 1.17 bits per heavy atom. The van der Waals surface area contributed by atoms with Crippen molar-refractivity contribution in [1.82, 2.24) is 20.2 Å². The average molecular weight is 487 g/mol. The normalized spacial score (nSPS) is 25.5. The second kappa shape index (κ2) is 7.75. The van der Waals surface area contributed by atoms with Crippen LogP contribution >= 0.6 is 0 Å². The Labute approximate surface area is 197 Å². The monoisotopic (exact) mass is 487 g/mol. The Balaban J connectivity index is 1.43. The maximum Gasteiger partial charge on any atom is 0.287 e. The number of nitriles is 1. The van der Waals surface area contributed by atoms with Crippen LogP contribution in [0.15, 0.2) is 48.8 Å². The Morgan fingerprint density at radius 3 is 2.43 bits per heavy atom. The van der Waals surface area contributed by atoms with Gasteiger partial charge in [0.25, 0.3) is 5.92 Å². The van der Waals surface area contributed by atoms with Gasteiger partial charge in [0.2, 0.25) is 0 Å². The number of nitrogens with zero attached hydrogens (tertiary/aromatic N) is 5. The van der Waals surface area contributed by atoms with Crippen molar-refractivity contribution in [2.75, 3.05) is 0 Å². The fraction of sp³-hybridized carbons (Fsp3) is 0.417. The summed E-state index contributed by atoms with van der Waals surface area (Å²) in [5.41, 5.74) is -4.94. The predicted octanol–water partition coefficient (Wildman–Crippen LogP) is 3.89. The second-order valence-electron chi connectivity index (χ2n) is 9.57. The molecule has 182 valence electrons. The number of alkyl halides is 2. The van der Waals surface area contributed by atoms with Gasteiger partial charge < -0.3 is 9.84 Å². The third-order valence-electron chi connectivity index (χ3n) is 7.34. The zero-order valence-corrected chi connectivity index (χ0v) is 18.6. The van der Waals surface area contributed by atoms with Crippen molar-refractivity contribution in [3.63, 3.8) is 0 Å². The number of hydrogen-bond acceptors (Lipinski definition) is 6. The quantitative estimate of drug-likeness (QED) is 0.485. The van der Waals surface area contributed by atoms with E-state index in [0.717, 1.165) is 28.7 Å². The van der Waals surface area contributed by atoms with Crippen molar-refractivity contribution in [1.29, 1.82) is 5.26 Å². The summed E-state index contributed by atoms with van der Waals surface area (Å²) in [7, 11) is 0. The third kappa shape index (κ3) is 3.38. The van der Waals surface area contributed by atoms with Crippen molar-refractivity contribution >= 4 is 0 Å². The van der Waals surface area contributed by atoms with Gasteiger partial charge in [-0.1, -0.05) is 12.1 Å². The van der Waals surface area contributed by atoms with Crippen LogP contribution in [-0.4, -0.2) is 37.3 Å². The molecule has 7 nitrogen and oxygen atoms in total. The van der Waals surface area contributed by atoms with Crippen LogP contribution < -0.4 is 4.74 Å². The first kappa shape index (κ1) is 23.2. The van der Waals surface area contributed by atoms with E-state index in [-0.39, 0.29) is 19.3 Å². The molecule has 3 aromatic rings. The molecule has 2 bridgehead atoms. The average Bonchev–Trinajstić information content (AvgIpc) is 3.25. The van der Waals surface area contributed by atoms with Crippen molar-refractivity contribution in [3.05, 3.63) is 71.6 Å². The first-order chi connectivity index (χ1) is 16.5. The molecule has 6 rings (SSSR count). The van der Waals surface area contributed by atoms with E-state index in [4.69, 9.17) is 10.00 Å². The SMILES string of the molecule is CC(C#N)Oc1ccc(C23CC(C(F)(F)[C@](O)(Cn4cnnn4)c4ccc(F)cc4F)(C2)C3)cc1. The summed E-state index contributed by atoms with van der Waals surface area (Å²) < 4.78 is 66.9. The minimum absolute atomic E-state index is 0.0858. The summed E-state index contributed by atoms with van der Waals surface area (Å²) in [5.74, 6) is -5.50. The molecule has 0 radical (unpaired) electrons. The second-order valence-corrected chi connectivity index (χ2v) is 9.57. The summed E-state index contributed by atoms with van der Waals surface area (Å²) in [4.78, 5) is 0. The molecule has 0 aliphatic heterocycles. The summed E-state index contributed by atoms with van der Waals surface area (Å²) >= 11 is 0. The van der Waals surface area contributed by atoms with Crippen LogP contribution in [0.2, 0.25) is 0 Å².